The predicted octanol–water partition coefficient (Wildman–Crippen LogP) is 3.81. The topological polar surface area (TPSA) is 27.0 Å². The summed E-state index contributed by atoms with van der Waals surface area (Å²) in [5, 5.41) is 8.73. The van der Waals surface area contributed by atoms with Crippen LogP contribution in [0.4, 0.5) is 18.9 Å². The summed E-state index contributed by atoms with van der Waals surface area (Å²) in [5.41, 5.74) is -0.605. The molecule has 0 spiro atoms. The molecule has 0 bridgehead atoms. The number of hydrogen-bond donors (Lipinski definition) is 0. The molecule has 1 fully saturated rings. The smallest absolute Gasteiger partial charge is 0.371 e. The highest BCUT2D eigenvalue weighted by Gasteiger charge is 2.35. The molecule has 2 rings (SSSR count). The van der Waals surface area contributed by atoms with E-state index < -0.39 is 11.7 Å². The highest BCUT2D eigenvalue weighted by molar-refractivity contribution is 5.56. The molecule has 0 atom stereocenters. The molecule has 1 aliphatic rings. The van der Waals surface area contributed by atoms with E-state index in [0.717, 1.165) is 32.0 Å². The summed E-state index contributed by atoms with van der Waals surface area (Å²) < 4.78 is 38.5. The number of rotatable bonds is 3. The maximum atomic E-state index is 12.8. The van der Waals surface area contributed by atoms with Crippen LogP contribution in [0, 0.1) is 17.2 Å². The molecule has 0 N–H and O–H groups in total. The van der Waals surface area contributed by atoms with Crippen LogP contribution in [0.1, 0.15) is 30.9 Å². The average molecular weight is 268 g/mol. The van der Waals surface area contributed by atoms with Gasteiger partial charge >= 0.3 is 6.18 Å². The molecule has 0 aromatic heterocycles. The van der Waals surface area contributed by atoms with Crippen molar-refractivity contribution in [2.75, 3.05) is 18.0 Å². The fourth-order valence-electron chi connectivity index (χ4n) is 2.43. The Balaban J connectivity index is 2.19. The standard InChI is InChI=1S/C14H15F3N2/c1-2-3-10-8-19(9-10)12-5-4-11(7-18)13(6-12)14(15,16)17/h4-6,10H,2-3,8-9H2,1H3. The third kappa shape index (κ3) is 2.83. The van der Waals surface area contributed by atoms with Crippen LogP contribution in [-0.4, -0.2) is 13.1 Å². The molecular weight excluding hydrogens is 253 g/mol. The van der Waals surface area contributed by atoms with E-state index in [-0.39, 0.29) is 5.56 Å². The Hall–Kier alpha value is -1.70. The van der Waals surface area contributed by atoms with Gasteiger partial charge in [0.1, 0.15) is 0 Å². The van der Waals surface area contributed by atoms with Gasteiger partial charge in [0.2, 0.25) is 0 Å². The van der Waals surface area contributed by atoms with Crippen LogP contribution in [0.3, 0.4) is 0 Å². The highest BCUT2D eigenvalue weighted by atomic mass is 19.4. The molecule has 0 amide bonds. The van der Waals surface area contributed by atoms with E-state index in [4.69, 9.17) is 5.26 Å². The number of nitrogens with zero attached hydrogens (tertiary/aromatic N) is 2. The maximum absolute atomic E-state index is 12.8. The zero-order valence-corrected chi connectivity index (χ0v) is 10.7. The normalized spacial score (nSPS) is 16.1. The van der Waals surface area contributed by atoms with Crippen LogP contribution in [0.5, 0.6) is 0 Å². The van der Waals surface area contributed by atoms with Crippen molar-refractivity contribution in [1.29, 1.82) is 5.26 Å². The summed E-state index contributed by atoms with van der Waals surface area (Å²) in [6.07, 6.45) is -2.27. The van der Waals surface area contributed by atoms with Gasteiger partial charge in [0.25, 0.3) is 0 Å². The van der Waals surface area contributed by atoms with Gasteiger partial charge in [-0.2, -0.15) is 18.4 Å². The van der Waals surface area contributed by atoms with E-state index in [1.54, 1.807) is 12.1 Å². The fourth-order valence-corrected chi connectivity index (χ4v) is 2.43. The number of benzene rings is 1. The molecule has 2 nitrogen and oxygen atoms in total. The summed E-state index contributed by atoms with van der Waals surface area (Å²) in [6.45, 7) is 3.71. The number of hydrogen-bond acceptors (Lipinski definition) is 2. The molecular formula is C14H15F3N2. The summed E-state index contributed by atoms with van der Waals surface area (Å²) in [5.74, 6) is 0.579. The lowest BCUT2D eigenvalue weighted by molar-refractivity contribution is -0.137. The first kappa shape index (κ1) is 13.7. The van der Waals surface area contributed by atoms with Gasteiger partial charge in [-0.3, -0.25) is 0 Å². The lowest BCUT2D eigenvalue weighted by atomic mass is 9.93. The monoisotopic (exact) mass is 268 g/mol. The lowest BCUT2D eigenvalue weighted by Crippen LogP contribution is -2.46. The second kappa shape index (κ2) is 5.12. The Morgan fingerprint density at radius 1 is 1.37 bits per heavy atom. The summed E-state index contributed by atoms with van der Waals surface area (Å²) in [7, 11) is 0. The maximum Gasteiger partial charge on any atom is 0.417 e. The molecule has 0 radical (unpaired) electrons. The zero-order chi connectivity index (χ0) is 14.0. The van der Waals surface area contributed by atoms with Crippen LogP contribution in [0.25, 0.3) is 0 Å². The minimum atomic E-state index is -4.48. The van der Waals surface area contributed by atoms with Gasteiger partial charge in [-0.25, -0.2) is 0 Å². The van der Waals surface area contributed by atoms with E-state index in [1.165, 1.54) is 6.07 Å². The number of alkyl halides is 3. The third-order valence-corrected chi connectivity index (χ3v) is 3.45. The summed E-state index contributed by atoms with van der Waals surface area (Å²) in [6, 6.07) is 5.53. The predicted molar refractivity (Wildman–Crippen MR) is 66.8 cm³/mol. The number of halogens is 3. The Morgan fingerprint density at radius 3 is 2.58 bits per heavy atom. The first-order valence-corrected chi connectivity index (χ1v) is 6.32. The van der Waals surface area contributed by atoms with Gasteiger partial charge in [0, 0.05) is 18.8 Å². The second-order valence-corrected chi connectivity index (χ2v) is 4.90. The Labute approximate surface area is 110 Å². The molecule has 5 heteroatoms. The second-order valence-electron chi connectivity index (χ2n) is 4.90. The van der Waals surface area contributed by atoms with E-state index in [1.807, 2.05) is 4.90 Å². The van der Waals surface area contributed by atoms with Crippen LogP contribution in [0.2, 0.25) is 0 Å². The van der Waals surface area contributed by atoms with Gasteiger partial charge in [-0.05, 0) is 30.5 Å². The quantitative estimate of drug-likeness (QED) is 0.833. The SMILES string of the molecule is CCCC1CN(c2ccc(C#N)c(C(F)(F)F)c2)C1. The Morgan fingerprint density at radius 2 is 2.05 bits per heavy atom. The van der Waals surface area contributed by atoms with Crippen LogP contribution < -0.4 is 4.90 Å². The molecule has 0 saturated carbocycles. The first-order chi connectivity index (χ1) is 8.95. The van der Waals surface area contributed by atoms with Crippen molar-refractivity contribution < 1.29 is 13.2 Å². The van der Waals surface area contributed by atoms with Gasteiger partial charge < -0.3 is 4.90 Å². The first-order valence-electron chi connectivity index (χ1n) is 6.32. The van der Waals surface area contributed by atoms with Gasteiger partial charge in [0.05, 0.1) is 17.2 Å². The summed E-state index contributed by atoms with van der Waals surface area (Å²) >= 11 is 0. The summed E-state index contributed by atoms with van der Waals surface area (Å²) in [4.78, 5) is 1.93. The minimum absolute atomic E-state index is 0.318. The van der Waals surface area contributed by atoms with E-state index in [0.29, 0.717) is 11.6 Å². The van der Waals surface area contributed by atoms with E-state index >= 15 is 0 Å². The molecule has 1 saturated heterocycles. The van der Waals surface area contributed by atoms with Crippen molar-refractivity contribution >= 4 is 5.69 Å². The van der Waals surface area contributed by atoms with Crippen molar-refractivity contribution in [1.82, 2.24) is 0 Å². The Kier molecular flexibility index (Phi) is 3.70. The number of anilines is 1. The average Bonchev–Trinajstić information content (AvgIpc) is 2.31. The van der Waals surface area contributed by atoms with E-state index in [9.17, 15) is 13.2 Å². The molecule has 1 aliphatic heterocycles. The fraction of sp³-hybridized carbons (Fsp3) is 0.500. The highest BCUT2D eigenvalue weighted by Crippen LogP contribution is 2.36. The van der Waals surface area contributed by atoms with Crippen molar-refractivity contribution in [3.8, 4) is 6.07 Å². The lowest BCUT2D eigenvalue weighted by Gasteiger charge is -2.41. The molecule has 1 aromatic rings. The van der Waals surface area contributed by atoms with Gasteiger partial charge in [-0.1, -0.05) is 13.3 Å². The van der Waals surface area contributed by atoms with Crippen LogP contribution in [-0.2, 0) is 6.18 Å². The molecule has 1 aromatic carbocycles. The van der Waals surface area contributed by atoms with Crippen molar-refractivity contribution in [2.24, 2.45) is 5.92 Å². The zero-order valence-electron chi connectivity index (χ0n) is 10.7. The van der Waals surface area contributed by atoms with Crippen molar-refractivity contribution in [3.63, 3.8) is 0 Å². The van der Waals surface area contributed by atoms with Crippen molar-refractivity contribution in [3.05, 3.63) is 29.3 Å². The van der Waals surface area contributed by atoms with Crippen LogP contribution in [0.15, 0.2) is 18.2 Å². The van der Waals surface area contributed by atoms with Crippen molar-refractivity contribution in [2.45, 2.75) is 25.9 Å². The Bertz CT molecular complexity index is 496. The van der Waals surface area contributed by atoms with Crippen LogP contribution >= 0.6 is 0 Å². The van der Waals surface area contributed by atoms with Gasteiger partial charge in [-0.15, -0.1) is 0 Å². The molecule has 1 heterocycles. The number of nitriles is 1. The van der Waals surface area contributed by atoms with E-state index in [2.05, 4.69) is 6.92 Å². The third-order valence-electron chi connectivity index (χ3n) is 3.45. The molecule has 0 aliphatic carbocycles. The molecule has 102 valence electrons. The molecule has 0 unspecified atom stereocenters. The molecule has 19 heavy (non-hydrogen) atoms. The largest absolute Gasteiger partial charge is 0.417 e. The minimum Gasteiger partial charge on any atom is -0.371 e. The van der Waals surface area contributed by atoms with Gasteiger partial charge in [0.15, 0.2) is 0 Å².